The number of nitrogens with zero attached hydrogens (tertiary/aromatic N) is 4. The summed E-state index contributed by atoms with van der Waals surface area (Å²) in [6.07, 6.45) is 0. The Balaban J connectivity index is 2.42. The molecule has 0 amide bonds. The van der Waals surface area contributed by atoms with E-state index in [1.54, 1.807) is 6.07 Å². The second-order valence-corrected chi connectivity index (χ2v) is 4.45. The van der Waals surface area contributed by atoms with Gasteiger partial charge in [-0.25, -0.2) is 0 Å². The number of para-hydroxylation sites is 1. The molecule has 0 radical (unpaired) electrons. The average Bonchev–Trinajstić information content (AvgIpc) is 2.38. The van der Waals surface area contributed by atoms with Crippen LogP contribution in [0.15, 0.2) is 18.2 Å². The summed E-state index contributed by atoms with van der Waals surface area (Å²) in [5.74, 6) is 0. The van der Waals surface area contributed by atoms with Crippen molar-refractivity contribution in [3.63, 3.8) is 0 Å². The summed E-state index contributed by atoms with van der Waals surface area (Å²) in [7, 11) is 1.97. The van der Waals surface area contributed by atoms with Crippen molar-refractivity contribution in [3.8, 4) is 0 Å². The van der Waals surface area contributed by atoms with Gasteiger partial charge in [-0.3, -0.25) is 20.2 Å². The molecule has 0 spiro atoms. The van der Waals surface area contributed by atoms with Gasteiger partial charge in [-0.2, -0.15) is 0 Å². The van der Waals surface area contributed by atoms with Gasteiger partial charge in [0.2, 0.25) is 0 Å². The van der Waals surface area contributed by atoms with Crippen molar-refractivity contribution in [2.24, 2.45) is 0 Å². The summed E-state index contributed by atoms with van der Waals surface area (Å²) >= 11 is 0. The van der Waals surface area contributed by atoms with Gasteiger partial charge in [-0.15, -0.1) is 0 Å². The van der Waals surface area contributed by atoms with Gasteiger partial charge in [0.1, 0.15) is 5.69 Å². The molecule has 0 N–H and O–H groups in total. The number of rotatable bonds is 3. The maximum Gasteiger partial charge on any atom is 0.369 e. The predicted molar refractivity (Wildman–Crippen MR) is 69.5 cm³/mol. The molecule has 1 aliphatic heterocycles. The molecule has 1 aliphatic rings. The Morgan fingerprint density at radius 2 is 1.68 bits per heavy atom. The van der Waals surface area contributed by atoms with Gasteiger partial charge in [0.25, 0.3) is 0 Å². The standard InChI is InChI=1S/C11H14N4O4/c1-12-5-7-13(8-6-12)9-3-2-4-10(14(16)17)11(9)15(18)19/h2-4H,5-8H2,1H3. The Morgan fingerprint density at radius 3 is 2.21 bits per heavy atom. The highest BCUT2D eigenvalue weighted by molar-refractivity contribution is 5.72. The Bertz CT molecular complexity index is 511. The lowest BCUT2D eigenvalue weighted by Crippen LogP contribution is -2.44. The summed E-state index contributed by atoms with van der Waals surface area (Å²) < 4.78 is 0. The number of nitro groups is 2. The van der Waals surface area contributed by atoms with Crippen molar-refractivity contribution >= 4 is 17.1 Å². The largest absolute Gasteiger partial charge is 0.369 e. The second kappa shape index (κ2) is 5.19. The van der Waals surface area contributed by atoms with Crippen molar-refractivity contribution in [2.45, 2.75) is 0 Å². The van der Waals surface area contributed by atoms with E-state index in [1.807, 2.05) is 11.9 Å². The van der Waals surface area contributed by atoms with Gasteiger partial charge >= 0.3 is 11.4 Å². The third-order valence-corrected chi connectivity index (χ3v) is 3.22. The van der Waals surface area contributed by atoms with Crippen LogP contribution in [0.4, 0.5) is 17.1 Å². The minimum atomic E-state index is -0.711. The van der Waals surface area contributed by atoms with E-state index in [9.17, 15) is 20.2 Å². The first-order chi connectivity index (χ1) is 9.00. The first-order valence-corrected chi connectivity index (χ1v) is 5.86. The van der Waals surface area contributed by atoms with Crippen LogP contribution in [-0.2, 0) is 0 Å². The monoisotopic (exact) mass is 266 g/mol. The lowest BCUT2D eigenvalue weighted by Gasteiger charge is -2.33. The molecule has 1 saturated heterocycles. The normalized spacial score (nSPS) is 16.4. The topological polar surface area (TPSA) is 92.8 Å². The lowest BCUT2D eigenvalue weighted by atomic mass is 10.2. The van der Waals surface area contributed by atoms with Crippen LogP contribution in [0.3, 0.4) is 0 Å². The highest BCUT2D eigenvalue weighted by Crippen LogP contribution is 2.36. The van der Waals surface area contributed by atoms with Gasteiger partial charge in [-0.05, 0) is 13.1 Å². The molecule has 2 rings (SSSR count). The van der Waals surface area contributed by atoms with Gasteiger partial charge < -0.3 is 9.80 Å². The zero-order valence-corrected chi connectivity index (χ0v) is 10.5. The van der Waals surface area contributed by atoms with E-state index in [0.29, 0.717) is 18.8 Å². The van der Waals surface area contributed by atoms with Crippen LogP contribution in [0, 0.1) is 20.2 Å². The minimum Gasteiger partial charge on any atom is -0.363 e. The lowest BCUT2D eigenvalue weighted by molar-refractivity contribution is -0.422. The third-order valence-electron chi connectivity index (χ3n) is 3.22. The van der Waals surface area contributed by atoms with Crippen molar-refractivity contribution in [2.75, 3.05) is 38.1 Å². The molecule has 102 valence electrons. The molecule has 1 aromatic carbocycles. The number of likely N-dealkylation sites (N-methyl/N-ethyl adjacent to an activating group) is 1. The maximum atomic E-state index is 11.1. The fourth-order valence-corrected chi connectivity index (χ4v) is 2.16. The molecule has 0 aliphatic carbocycles. The molecular weight excluding hydrogens is 252 g/mol. The van der Waals surface area contributed by atoms with Crippen molar-refractivity contribution in [3.05, 3.63) is 38.4 Å². The zero-order chi connectivity index (χ0) is 14.0. The average molecular weight is 266 g/mol. The first kappa shape index (κ1) is 13.2. The maximum absolute atomic E-state index is 11.1. The van der Waals surface area contributed by atoms with E-state index in [4.69, 9.17) is 0 Å². The summed E-state index contributed by atoms with van der Waals surface area (Å²) in [6, 6.07) is 4.22. The van der Waals surface area contributed by atoms with Gasteiger partial charge in [0.05, 0.1) is 9.85 Å². The van der Waals surface area contributed by atoms with Crippen molar-refractivity contribution in [1.82, 2.24) is 4.90 Å². The second-order valence-electron chi connectivity index (χ2n) is 4.45. The molecule has 19 heavy (non-hydrogen) atoms. The van der Waals surface area contributed by atoms with Crippen molar-refractivity contribution in [1.29, 1.82) is 0 Å². The molecule has 0 saturated carbocycles. The van der Waals surface area contributed by atoms with E-state index in [-0.39, 0.29) is 0 Å². The molecule has 8 heteroatoms. The predicted octanol–water partition coefficient (Wildman–Crippen LogP) is 1.25. The molecule has 1 fully saturated rings. The first-order valence-electron chi connectivity index (χ1n) is 5.86. The Morgan fingerprint density at radius 1 is 1.05 bits per heavy atom. The van der Waals surface area contributed by atoms with Gasteiger partial charge in [0, 0.05) is 32.2 Å². The van der Waals surface area contributed by atoms with Crippen LogP contribution in [0.5, 0.6) is 0 Å². The zero-order valence-electron chi connectivity index (χ0n) is 10.5. The quantitative estimate of drug-likeness (QED) is 0.604. The number of benzene rings is 1. The number of hydrogen-bond acceptors (Lipinski definition) is 6. The minimum absolute atomic E-state index is 0.326. The number of anilines is 1. The molecule has 8 nitrogen and oxygen atoms in total. The van der Waals surface area contributed by atoms with Crippen molar-refractivity contribution < 1.29 is 9.85 Å². The molecular formula is C11H14N4O4. The molecule has 1 aromatic rings. The summed E-state index contributed by atoms with van der Waals surface area (Å²) in [5, 5.41) is 22.0. The molecule has 0 atom stereocenters. The number of hydrogen-bond donors (Lipinski definition) is 0. The van der Waals surface area contributed by atoms with E-state index >= 15 is 0 Å². The molecule has 0 aromatic heterocycles. The molecule has 0 bridgehead atoms. The highest BCUT2D eigenvalue weighted by atomic mass is 16.6. The van der Waals surface area contributed by atoms with E-state index in [0.717, 1.165) is 19.2 Å². The van der Waals surface area contributed by atoms with E-state index in [1.165, 1.54) is 6.07 Å². The Hall–Kier alpha value is -2.22. The van der Waals surface area contributed by atoms with Crippen LogP contribution in [0.25, 0.3) is 0 Å². The fourth-order valence-electron chi connectivity index (χ4n) is 2.16. The summed E-state index contributed by atoms with van der Waals surface area (Å²) in [4.78, 5) is 24.6. The fraction of sp³-hybridized carbons (Fsp3) is 0.455. The number of piperazine rings is 1. The third kappa shape index (κ3) is 2.63. The highest BCUT2D eigenvalue weighted by Gasteiger charge is 2.31. The smallest absolute Gasteiger partial charge is 0.363 e. The van der Waals surface area contributed by atoms with Crippen LogP contribution in [-0.4, -0.2) is 48.0 Å². The van der Waals surface area contributed by atoms with Gasteiger partial charge in [0.15, 0.2) is 0 Å². The SMILES string of the molecule is CN1CCN(c2cccc([N+](=O)[O-])c2[N+](=O)[O-])CC1. The van der Waals surface area contributed by atoms with Crippen LogP contribution in [0.2, 0.25) is 0 Å². The molecule has 1 heterocycles. The van der Waals surface area contributed by atoms with Gasteiger partial charge in [-0.1, -0.05) is 6.07 Å². The number of nitro benzene ring substituents is 2. The molecule has 0 unspecified atom stereocenters. The summed E-state index contributed by atoms with van der Waals surface area (Å²) in [6.45, 7) is 2.80. The Kier molecular flexibility index (Phi) is 3.61. The summed E-state index contributed by atoms with van der Waals surface area (Å²) in [5.41, 5.74) is -0.550. The van der Waals surface area contributed by atoms with E-state index < -0.39 is 21.2 Å². The Labute approximate surface area is 109 Å². The van der Waals surface area contributed by atoms with Crippen LogP contribution < -0.4 is 4.90 Å². The van der Waals surface area contributed by atoms with Crippen LogP contribution in [0.1, 0.15) is 0 Å². The van der Waals surface area contributed by atoms with Crippen LogP contribution >= 0.6 is 0 Å². The van der Waals surface area contributed by atoms with E-state index in [2.05, 4.69) is 4.90 Å².